The molecule has 0 atom stereocenters. The molecular formula is C5H6F2N2. The first-order valence-corrected chi connectivity index (χ1v) is 2.87. The van der Waals surface area contributed by atoms with Crippen molar-refractivity contribution in [3.8, 4) is 0 Å². The minimum atomic E-state index is -2.46. The summed E-state index contributed by atoms with van der Waals surface area (Å²) in [5, 5.41) is 7.08. The third-order valence-electron chi connectivity index (χ3n) is 2.06. The first-order valence-electron chi connectivity index (χ1n) is 2.87. The molecule has 2 aliphatic rings. The van der Waals surface area contributed by atoms with Crippen molar-refractivity contribution in [1.29, 1.82) is 0 Å². The van der Waals surface area contributed by atoms with E-state index in [4.69, 9.17) is 0 Å². The van der Waals surface area contributed by atoms with Crippen LogP contribution in [0.2, 0.25) is 0 Å². The van der Waals surface area contributed by atoms with E-state index in [0.29, 0.717) is 0 Å². The number of nitrogens with zero attached hydrogens (tertiary/aromatic N) is 2. The van der Waals surface area contributed by atoms with Crippen molar-refractivity contribution in [1.82, 2.24) is 0 Å². The van der Waals surface area contributed by atoms with Crippen LogP contribution in [0.3, 0.4) is 0 Å². The first kappa shape index (κ1) is 5.26. The van der Waals surface area contributed by atoms with Crippen molar-refractivity contribution in [2.24, 2.45) is 15.6 Å². The Hall–Kier alpha value is -0.540. The summed E-state index contributed by atoms with van der Waals surface area (Å²) in [7, 11) is 0. The summed E-state index contributed by atoms with van der Waals surface area (Å²) in [5.74, 6) is -2.46. The van der Waals surface area contributed by atoms with Crippen LogP contribution >= 0.6 is 0 Å². The predicted molar refractivity (Wildman–Crippen MR) is 26.6 cm³/mol. The highest BCUT2D eigenvalue weighted by atomic mass is 19.3. The van der Waals surface area contributed by atoms with Crippen LogP contribution < -0.4 is 0 Å². The van der Waals surface area contributed by atoms with Gasteiger partial charge in [-0.15, -0.1) is 0 Å². The Balaban J connectivity index is 2.16. The lowest BCUT2D eigenvalue weighted by Gasteiger charge is -2.00. The van der Waals surface area contributed by atoms with Crippen LogP contribution in [0.1, 0.15) is 6.42 Å². The standard InChI is InChI=1S/C5H6F2N2/c6-5(7)1-4(5)2-8-9-3-4/h1-3H2. The molecule has 1 saturated carbocycles. The van der Waals surface area contributed by atoms with Crippen LogP contribution in [0.4, 0.5) is 8.78 Å². The molecular weight excluding hydrogens is 126 g/mol. The molecule has 0 N–H and O–H groups in total. The number of rotatable bonds is 0. The molecule has 0 unspecified atom stereocenters. The van der Waals surface area contributed by atoms with Crippen molar-refractivity contribution in [3.63, 3.8) is 0 Å². The molecule has 2 rings (SSSR count). The fourth-order valence-electron chi connectivity index (χ4n) is 1.14. The van der Waals surface area contributed by atoms with E-state index in [2.05, 4.69) is 10.2 Å². The van der Waals surface area contributed by atoms with Crippen molar-refractivity contribution in [2.75, 3.05) is 13.1 Å². The Kier molecular flexibility index (Phi) is 0.672. The molecule has 0 radical (unpaired) electrons. The van der Waals surface area contributed by atoms with Gasteiger partial charge in [0, 0.05) is 6.42 Å². The molecule has 2 nitrogen and oxygen atoms in total. The van der Waals surface area contributed by atoms with Crippen LogP contribution in [-0.2, 0) is 0 Å². The third-order valence-corrected chi connectivity index (χ3v) is 2.06. The lowest BCUT2D eigenvalue weighted by molar-refractivity contribution is 0.0739. The van der Waals surface area contributed by atoms with Gasteiger partial charge in [-0.05, 0) is 0 Å². The maximum Gasteiger partial charge on any atom is 0.258 e. The predicted octanol–water partition coefficient (Wildman–Crippen LogP) is 1.48. The SMILES string of the molecule is FC1(F)CC12CN=NC2. The minimum Gasteiger partial charge on any atom is -0.206 e. The second kappa shape index (κ2) is 1.15. The maximum atomic E-state index is 12.4. The Morgan fingerprint density at radius 1 is 1.11 bits per heavy atom. The van der Waals surface area contributed by atoms with E-state index in [1.54, 1.807) is 0 Å². The Labute approximate surface area is 51.0 Å². The van der Waals surface area contributed by atoms with Gasteiger partial charge in [-0.3, -0.25) is 0 Å². The summed E-state index contributed by atoms with van der Waals surface area (Å²) in [6, 6.07) is 0. The fourth-order valence-corrected chi connectivity index (χ4v) is 1.14. The Bertz CT molecular complexity index is 168. The maximum absolute atomic E-state index is 12.4. The second-order valence-electron chi connectivity index (χ2n) is 2.76. The molecule has 9 heavy (non-hydrogen) atoms. The molecule has 1 fully saturated rings. The molecule has 1 aliphatic heterocycles. The first-order chi connectivity index (χ1) is 4.16. The molecule has 1 aliphatic carbocycles. The van der Waals surface area contributed by atoms with E-state index in [-0.39, 0.29) is 19.5 Å². The van der Waals surface area contributed by atoms with Crippen molar-refractivity contribution in [2.45, 2.75) is 12.3 Å². The Morgan fingerprint density at radius 2 is 1.56 bits per heavy atom. The summed E-state index contributed by atoms with van der Waals surface area (Å²) < 4.78 is 24.7. The van der Waals surface area contributed by atoms with E-state index in [9.17, 15) is 8.78 Å². The molecule has 1 heterocycles. The van der Waals surface area contributed by atoms with Crippen LogP contribution in [0, 0.1) is 5.41 Å². The number of halogens is 2. The van der Waals surface area contributed by atoms with E-state index in [1.807, 2.05) is 0 Å². The van der Waals surface area contributed by atoms with Crippen LogP contribution in [0.25, 0.3) is 0 Å². The Morgan fingerprint density at radius 3 is 1.78 bits per heavy atom. The van der Waals surface area contributed by atoms with Gasteiger partial charge in [-0.25, -0.2) is 8.78 Å². The number of hydrogen-bond donors (Lipinski definition) is 0. The number of alkyl halides is 2. The smallest absolute Gasteiger partial charge is 0.206 e. The highest BCUT2D eigenvalue weighted by Crippen LogP contribution is 2.62. The van der Waals surface area contributed by atoms with Gasteiger partial charge in [-0.2, -0.15) is 10.2 Å². The van der Waals surface area contributed by atoms with Gasteiger partial charge in [0.05, 0.1) is 18.5 Å². The van der Waals surface area contributed by atoms with Crippen LogP contribution in [0.5, 0.6) is 0 Å². The van der Waals surface area contributed by atoms with Gasteiger partial charge >= 0.3 is 0 Å². The zero-order chi connectivity index (χ0) is 6.54. The summed E-state index contributed by atoms with van der Waals surface area (Å²) in [4.78, 5) is 0. The minimum absolute atomic E-state index is 0.00694. The lowest BCUT2D eigenvalue weighted by Crippen LogP contribution is -2.13. The molecule has 50 valence electrons. The molecule has 0 bridgehead atoms. The highest BCUT2D eigenvalue weighted by Gasteiger charge is 2.72. The van der Waals surface area contributed by atoms with Crippen LogP contribution in [0.15, 0.2) is 10.2 Å². The average molecular weight is 132 g/mol. The normalized spacial score (nSPS) is 33.6. The fraction of sp³-hybridized carbons (Fsp3) is 1.00. The second-order valence-corrected chi connectivity index (χ2v) is 2.76. The molecule has 4 heteroatoms. The molecule has 0 saturated heterocycles. The monoisotopic (exact) mass is 132 g/mol. The summed E-state index contributed by atoms with van der Waals surface area (Å²) in [5.41, 5.74) is -0.826. The molecule has 0 aromatic heterocycles. The van der Waals surface area contributed by atoms with Gasteiger partial charge in [-0.1, -0.05) is 0 Å². The van der Waals surface area contributed by atoms with Crippen molar-refractivity contribution >= 4 is 0 Å². The van der Waals surface area contributed by atoms with Crippen molar-refractivity contribution < 1.29 is 8.78 Å². The van der Waals surface area contributed by atoms with Gasteiger partial charge in [0.2, 0.25) is 0 Å². The zero-order valence-electron chi connectivity index (χ0n) is 4.77. The number of azo groups is 1. The molecule has 1 spiro atoms. The van der Waals surface area contributed by atoms with Gasteiger partial charge in [0.1, 0.15) is 0 Å². The largest absolute Gasteiger partial charge is 0.258 e. The summed E-state index contributed by atoms with van der Waals surface area (Å²) >= 11 is 0. The van der Waals surface area contributed by atoms with Gasteiger partial charge in [0.25, 0.3) is 5.92 Å². The van der Waals surface area contributed by atoms with Gasteiger partial charge < -0.3 is 0 Å². The quantitative estimate of drug-likeness (QED) is 0.477. The highest BCUT2D eigenvalue weighted by molar-refractivity contribution is 5.13. The molecule has 0 aromatic rings. The third kappa shape index (κ3) is 0.483. The summed E-state index contributed by atoms with van der Waals surface area (Å²) in [6.07, 6.45) is -0.00694. The van der Waals surface area contributed by atoms with Crippen molar-refractivity contribution in [3.05, 3.63) is 0 Å². The van der Waals surface area contributed by atoms with Gasteiger partial charge in [0.15, 0.2) is 0 Å². The molecule has 0 amide bonds. The zero-order valence-corrected chi connectivity index (χ0v) is 4.77. The van der Waals surface area contributed by atoms with E-state index in [1.165, 1.54) is 0 Å². The van der Waals surface area contributed by atoms with Crippen LogP contribution in [-0.4, -0.2) is 19.0 Å². The average Bonchev–Trinajstić information content (AvgIpc) is 2.27. The molecule has 0 aromatic carbocycles. The summed E-state index contributed by atoms with van der Waals surface area (Å²) in [6.45, 7) is 0.472. The lowest BCUT2D eigenvalue weighted by atomic mass is 10.1. The van der Waals surface area contributed by atoms with E-state index < -0.39 is 11.3 Å². The topological polar surface area (TPSA) is 24.7 Å². The van der Waals surface area contributed by atoms with E-state index >= 15 is 0 Å². The van der Waals surface area contributed by atoms with E-state index in [0.717, 1.165) is 0 Å². The number of hydrogen-bond acceptors (Lipinski definition) is 2.